The molecule has 4 N–H and O–H groups in total. The number of carbonyl (C=O) groups is 1. The Labute approximate surface area is 117 Å². The number of hydrogen-bond donors (Lipinski definition) is 3. The molecule has 1 amide bonds. The molecule has 1 aliphatic carbocycles. The maximum atomic E-state index is 13.3. The minimum Gasteiger partial charge on any atom is -0.494 e. The van der Waals surface area contributed by atoms with Gasteiger partial charge in [-0.1, -0.05) is 6.92 Å². The van der Waals surface area contributed by atoms with E-state index >= 15 is 0 Å². The highest BCUT2D eigenvalue weighted by Gasteiger charge is 2.31. The molecule has 2 rings (SSSR count). The van der Waals surface area contributed by atoms with Gasteiger partial charge in [0.2, 0.25) is 0 Å². The fraction of sp³-hybridized carbons (Fsp3) is 0.500. The summed E-state index contributed by atoms with van der Waals surface area (Å²) in [6.07, 6.45) is 1.19. The van der Waals surface area contributed by atoms with Gasteiger partial charge in [0.1, 0.15) is 11.5 Å². The number of benzene rings is 1. The van der Waals surface area contributed by atoms with E-state index in [4.69, 9.17) is 10.5 Å². The van der Waals surface area contributed by atoms with Crippen LogP contribution in [0.1, 0.15) is 23.7 Å². The third-order valence-electron chi connectivity index (χ3n) is 3.52. The Morgan fingerprint density at radius 2 is 2.20 bits per heavy atom. The zero-order valence-corrected chi connectivity index (χ0v) is 11.7. The number of hydrogen-bond acceptors (Lipinski definition) is 4. The fourth-order valence-electron chi connectivity index (χ4n) is 2.11. The average molecular weight is 281 g/mol. The lowest BCUT2D eigenvalue weighted by Gasteiger charge is -2.12. The van der Waals surface area contributed by atoms with Gasteiger partial charge in [-0.25, -0.2) is 4.39 Å². The Morgan fingerprint density at radius 1 is 1.50 bits per heavy atom. The normalized spacial score (nSPS) is 20.6. The highest BCUT2D eigenvalue weighted by Crippen LogP contribution is 2.29. The van der Waals surface area contributed by atoms with Crippen LogP contribution in [-0.4, -0.2) is 32.1 Å². The lowest BCUT2D eigenvalue weighted by atomic mass is 10.1. The molecule has 0 unspecified atom stereocenters. The second-order valence-electron chi connectivity index (χ2n) is 5.07. The summed E-state index contributed by atoms with van der Waals surface area (Å²) in [6.45, 7) is 3.39. The van der Waals surface area contributed by atoms with Crippen LogP contribution in [0.25, 0.3) is 0 Å². The zero-order valence-electron chi connectivity index (χ0n) is 11.7. The van der Waals surface area contributed by atoms with Gasteiger partial charge in [-0.2, -0.15) is 0 Å². The molecule has 1 aliphatic rings. The van der Waals surface area contributed by atoms with Gasteiger partial charge >= 0.3 is 0 Å². The van der Waals surface area contributed by atoms with Crippen LogP contribution in [0.3, 0.4) is 0 Å². The topological polar surface area (TPSA) is 76.4 Å². The van der Waals surface area contributed by atoms with Gasteiger partial charge in [0.15, 0.2) is 5.75 Å². The molecule has 1 fully saturated rings. The number of halogens is 1. The Balaban J connectivity index is 1.90. The van der Waals surface area contributed by atoms with E-state index in [9.17, 15) is 9.18 Å². The van der Waals surface area contributed by atoms with E-state index in [-0.39, 0.29) is 22.9 Å². The summed E-state index contributed by atoms with van der Waals surface area (Å²) >= 11 is 0. The highest BCUT2D eigenvalue weighted by molar-refractivity contribution is 5.98. The molecule has 0 aromatic heterocycles. The number of nitrogens with one attached hydrogen (secondary N) is 2. The first-order valence-corrected chi connectivity index (χ1v) is 6.68. The molecule has 0 bridgehead atoms. The molecule has 0 aliphatic heterocycles. The Kier molecular flexibility index (Phi) is 4.44. The van der Waals surface area contributed by atoms with Gasteiger partial charge in [-0.3, -0.25) is 4.79 Å². The Morgan fingerprint density at radius 3 is 2.80 bits per heavy atom. The van der Waals surface area contributed by atoms with E-state index in [1.807, 2.05) is 0 Å². The van der Waals surface area contributed by atoms with Crippen molar-refractivity contribution in [2.45, 2.75) is 19.4 Å². The molecular formula is C14H20FN3O2. The van der Waals surface area contributed by atoms with Crippen molar-refractivity contribution < 1.29 is 13.9 Å². The first-order valence-electron chi connectivity index (χ1n) is 6.68. The lowest BCUT2D eigenvalue weighted by molar-refractivity contribution is 0.0951. The molecule has 1 aromatic carbocycles. The largest absolute Gasteiger partial charge is 0.494 e. The monoisotopic (exact) mass is 281 g/mol. The second-order valence-corrected chi connectivity index (χ2v) is 5.07. The number of nitrogen functional groups attached to an aromatic ring is 1. The van der Waals surface area contributed by atoms with E-state index in [1.54, 1.807) is 0 Å². The van der Waals surface area contributed by atoms with Crippen LogP contribution in [-0.2, 0) is 0 Å². The summed E-state index contributed by atoms with van der Waals surface area (Å²) in [6, 6.07) is 3.11. The molecule has 5 nitrogen and oxygen atoms in total. The molecular weight excluding hydrogens is 261 g/mol. The van der Waals surface area contributed by atoms with Gasteiger partial charge in [0.25, 0.3) is 5.91 Å². The van der Waals surface area contributed by atoms with Crippen LogP contribution in [0.2, 0.25) is 0 Å². The summed E-state index contributed by atoms with van der Waals surface area (Å²) in [4.78, 5) is 12.0. The summed E-state index contributed by atoms with van der Waals surface area (Å²) in [5.41, 5.74) is 5.65. The van der Waals surface area contributed by atoms with Crippen LogP contribution in [0.5, 0.6) is 5.75 Å². The predicted octanol–water partition coefficient (Wildman–Crippen LogP) is 1.14. The van der Waals surface area contributed by atoms with Gasteiger partial charge < -0.3 is 21.1 Å². The van der Waals surface area contributed by atoms with Gasteiger partial charge in [0, 0.05) is 19.1 Å². The molecule has 6 heteroatoms. The predicted molar refractivity (Wildman–Crippen MR) is 75.3 cm³/mol. The summed E-state index contributed by atoms with van der Waals surface area (Å²) in [5.74, 6) is -0.115. The van der Waals surface area contributed by atoms with Crippen molar-refractivity contribution in [2.24, 2.45) is 5.92 Å². The van der Waals surface area contributed by atoms with E-state index in [2.05, 4.69) is 17.6 Å². The molecule has 0 saturated heterocycles. The van der Waals surface area contributed by atoms with E-state index in [0.717, 1.165) is 12.0 Å². The minimum atomic E-state index is -0.595. The third-order valence-corrected chi connectivity index (χ3v) is 3.52. The molecule has 110 valence electrons. The van der Waals surface area contributed by atoms with Gasteiger partial charge in [-0.15, -0.1) is 0 Å². The van der Waals surface area contributed by atoms with Crippen LogP contribution in [0, 0.1) is 11.7 Å². The van der Waals surface area contributed by atoms with Crippen LogP contribution >= 0.6 is 0 Å². The van der Waals surface area contributed by atoms with Crippen molar-refractivity contribution in [3.63, 3.8) is 0 Å². The summed E-state index contributed by atoms with van der Waals surface area (Å²) in [5, 5.41) is 6.09. The molecule has 0 heterocycles. The standard InChI is InChI=1S/C14H20FN3O2/c1-8-7-11(8)17-5-6-18-14(19)9-3-4-10(15)12(16)13(9)20-2/h3-4,8,11,17H,5-7,16H2,1-2H3,(H,18,19)/t8-,11+/m1/s1. The number of anilines is 1. The third kappa shape index (κ3) is 3.19. The average Bonchev–Trinajstić information content (AvgIpc) is 3.13. The molecule has 0 radical (unpaired) electrons. The van der Waals surface area contributed by atoms with E-state index < -0.39 is 5.82 Å². The van der Waals surface area contributed by atoms with Crippen molar-refractivity contribution in [1.82, 2.24) is 10.6 Å². The zero-order chi connectivity index (χ0) is 14.7. The number of amides is 1. The maximum Gasteiger partial charge on any atom is 0.255 e. The first kappa shape index (κ1) is 14.6. The minimum absolute atomic E-state index is 0.0753. The van der Waals surface area contributed by atoms with Crippen LogP contribution in [0.15, 0.2) is 12.1 Å². The van der Waals surface area contributed by atoms with Gasteiger partial charge in [-0.05, 0) is 24.5 Å². The van der Waals surface area contributed by atoms with Gasteiger partial charge in [0.05, 0.1) is 12.7 Å². The van der Waals surface area contributed by atoms with E-state index in [0.29, 0.717) is 19.1 Å². The molecule has 20 heavy (non-hydrogen) atoms. The number of carbonyl (C=O) groups excluding carboxylic acids is 1. The smallest absolute Gasteiger partial charge is 0.255 e. The van der Waals surface area contributed by atoms with Crippen molar-refractivity contribution in [3.05, 3.63) is 23.5 Å². The molecule has 0 spiro atoms. The number of ether oxygens (including phenoxy) is 1. The van der Waals surface area contributed by atoms with E-state index in [1.165, 1.54) is 19.6 Å². The number of methoxy groups -OCH3 is 1. The number of nitrogens with two attached hydrogens (primary N) is 1. The highest BCUT2D eigenvalue weighted by atomic mass is 19.1. The Hall–Kier alpha value is -1.82. The maximum absolute atomic E-state index is 13.3. The number of rotatable bonds is 6. The van der Waals surface area contributed by atoms with Crippen LogP contribution in [0.4, 0.5) is 10.1 Å². The van der Waals surface area contributed by atoms with Crippen molar-refractivity contribution >= 4 is 11.6 Å². The molecule has 1 saturated carbocycles. The fourth-order valence-corrected chi connectivity index (χ4v) is 2.11. The first-order chi connectivity index (χ1) is 9.54. The molecule has 2 atom stereocenters. The second kappa shape index (κ2) is 6.09. The van der Waals surface area contributed by atoms with Crippen molar-refractivity contribution in [3.8, 4) is 5.75 Å². The molecule has 1 aromatic rings. The van der Waals surface area contributed by atoms with Crippen LogP contribution < -0.4 is 21.1 Å². The van der Waals surface area contributed by atoms with Crippen molar-refractivity contribution in [1.29, 1.82) is 0 Å². The SMILES string of the molecule is COc1c(C(=O)NCCN[C@H]2C[C@H]2C)ccc(F)c1N. The quantitative estimate of drug-likeness (QED) is 0.540. The van der Waals surface area contributed by atoms with Crippen molar-refractivity contribution in [2.75, 3.05) is 25.9 Å². The lowest BCUT2D eigenvalue weighted by Crippen LogP contribution is -2.33. The summed E-state index contributed by atoms with van der Waals surface area (Å²) in [7, 11) is 1.36. The summed E-state index contributed by atoms with van der Waals surface area (Å²) < 4.78 is 18.3. The Bertz CT molecular complexity index is 507.